The highest BCUT2D eigenvalue weighted by molar-refractivity contribution is 14.1. The van der Waals surface area contributed by atoms with Crippen LogP contribution in [0.4, 0.5) is 8.78 Å². The summed E-state index contributed by atoms with van der Waals surface area (Å²) >= 11 is 1.75. The molecule has 6 heteroatoms. The van der Waals surface area contributed by atoms with Gasteiger partial charge in [-0.15, -0.1) is 0 Å². The Balaban J connectivity index is 3.29. The standard InChI is InChI=1S/C10H7F2IO3/c1-5(15)6-2-3-8(16-10(11)12)7(4-14)9(6)13/h2-4,10H,1H3. The van der Waals surface area contributed by atoms with Crippen LogP contribution < -0.4 is 4.74 Å². The monoisotopic (exact) mass is 340 g/mol. The summed E-state index contributed by atoms with van der Waals surface area (Å²) in [6, 6.07) is 2.55. The number of aldehydes is 1. The van der Waals surface area contributed by atoms with Crippen molar-refractivity contribution in [3.8, 4) is 5.75 Å². The molecule has 0 bridgehead atoms. The highest BCUT2D eigenvalue weighted by atomic mass is 127. The minimum atomic E-state index is -3.00. The predicted molar refractivity (Wildman–Crippen MR) is 61.2 cm³/mol. The third kappa shape index (κ3) is 2.75. The molecule has 0 N–H and O–H groups in total. The van der Waals surface area contributed by atoms with Gasteiger partial charge in [0.2, 0.25) is 0 Å². The average Bonchev–Trinajstić information content (AvgIpc) is 2.16. The molecule has 0 aromatic heterocycles. The molecule has 1 rings (SSSR count). The third-order valence-corrected chi connectivity index (χ3v) is 3.02. The Bertz CT molecular complexity index is 432. The van der Waals surface area contributed by atoms with Gasteiger partial charge < -0.3 is 4.74 Å². The van der Waals surface area contributed by atoms with Crippen LogP contribution in [0.1, 0.15) is 27.6 Å². The topological polar surface area (TPSA) is 43.4 Å². The Morgan fingerprint density at radius 3 is 2.56 bits per heavy atom. The Kier molecular flexibility index (Phi) is 4.34. The second-order valence-electron chi connectivity index (χ2n) is 2.89. The van der Waals surface area contributed by atoms with Gasteiger partial charge in [0, 0.05) is 9.13 Å². The van der Waals surface area contributed by atoms with E-state index in [1.807, 2.05) is 0 Å². The molecule has 0 unspecified atom stereocenters. The van der Waals surface area contributed by atoms with E-state index in [1.165, 1.54) is 19.1 Å². The van der Waals surface area contributed by atoms with Gasteiger partial charge in [-0.05, 0) is 41.6 Å². The molecule has 1 aromatic rings. The average molecular weight is 340 g/mol. The van der Waals surface area contributed by atoms with Crippen LogP contribution in [-0.4, -0.2) is 18.7 Å². The maximum Gasteiger partial charge on any atom is 0.387 e. The number of hydrogen-bond acceptors (Lipinski definition) is 3. The molecule has 1 aromatic carbocycles. The summed E-state index contributed by atoms with van der Waals surface area (Å²) in [6.45, 7) is -1.67. The molecule has 3 nitrogen and oxygen atoms in total. The molecule has 0 fully saturated rings. The van der Waals surface area contributed by atoms with Gasteiger partial charge in [-0.2, -0.15) is 8.78 Å². The molecule has 0 heterocycles. The van der Waals surface area contributed by atoms with Gasteiger partial charge >= 0.3 is 6.61 Å². The van der Waals surface area contributed by atoms with Crippen molar-refractivity contribution in [2.24, 2.45) is 0 Å². The number of carbonyl (C=O) groups excluding carboxylic acids is 2. The van der Waals surface area contributed by atoms with Crippen LogP contribution in [0.2, 0.25) is 0 Å². The first-order valence-corrected chi connectivity index (χ1v) is 5.28. The number of carbonyl (C=O) groups is 2. The lowest BCUT2D eigenvalue weighted by Gasteiger charge is -2.10. The van der Waals surface area contributed by atoms with Crippen LogP contribution in [0.5, 0.6) is 5.75 Å². The third-order valence-electron chi connectivity index (χ3n) is 1.85. The predicted octanol–water partition coefficient (Wildman–Crippen LogP) is 2.91. The van der Waals surface area contributed by atoms with Crippen LogP contribution >= 0.6 is 22.6 Å². The van der Waals surface area contributed by atoms with Gasteiger partial charge in [-0.1, -0.05) is 0 Å². The van der Waals surface area contributed by atoms with Crippen molar-refractivity contribution in [2.45, 2.75) is 13.5 Å². The highest BCUT2D eigenvalue weighted by Gasteiger charge is 2.16. The number of halogens is 3. The highest BCUT2D eigenvalue weighted by Crippen LogP contribution is 2.27. The van der Waals surface area contributed by atoms with Gasteiger partial charge in [-0.3, -0.25) is 9.59 Å². The molecule has 0 atom stereocenters. The van der Waals surface area contributed by atoms with E-state index >= 15 is 0 Å². The molecule has 0 radical (unpaired) electrons. The maximum absolute atomic E-state index is 12.0. The summed E-state index contributed by atoms with van der Waals surface area (Å²) in [5.41, 5.74) is 0.276. The fourth-order valence-electron chi connectivity index (χ4n) is 1.16. The first-order valence-electron chi connectivity index (χ1n) is 4.20. The summed E-state index contributed by atoms with van der Waals surface area (Å²) in [6.07, 6.45) is 0.395. The number of ether oxygens (including phenoxy) is 1. The van der Waals surface area contributed by atoms with Crippen LogP contribution in [0.3, 0.4) is 0 Å². The molecule has 0 saturated heterocycles. The zero-order chi connectivity index (χ0) is 12.3. The van der Waals surface area contributed by atoms with Crippen LogP contribution in [-0.2, 0) is 0 Å². The number of Topliss-reactive ketones (excluding diaryl/α,β-unsaturated/α-hetero) is 1. The summed E-state index contributed by atoms with van der Waals surface area (Å²) in [5, 5.41) is 0. The van der Waals surface area contributed by atoms with E-state index in [0.717, 1.165) is 0 Å². The van der Waals surface area contributed by atoms with E-state index in [1.54, 1.807) is 22.6 Å². The molecule has 0 aliphatic rings. The number of hydrogen-bond donors (Lipinski definition) is 0. The van der Waals surface area contributed by atoms with Crippen molar-refractivity contribution in [3.63, 3.8) is 0 Å². The molecular formula is C10H7F2IO3. The Labute approximate surface area is 104 Å². The molecule has 0 saturated carbocycles. The minimum absolute atomic E-state index is 0.0337. The van der Waals surface area contributed by atoms with Crippen LogP contribution in [0.25, 0.3) is 0 Å². The smallest absolute Gasteiger partial charge is 0.387 e. The lowest BCUT2D eigenvalue weighted by atomic mass is 10.1. The SMILES string of the molecule is CC(=O)c1ccc(OC(F)F)c(C=O)c1I. The van der Waals surface area contributed by atoms with Crippen molar-refractivity contribution >= 4 is 34.7 Å². The van der Waals surface area contributed by atoms with Crippen molar-refractivity contribution in [1.29, 1.82) is 0 Å². The molecular weight excluding hydrogens is 333 g/mol. The number of ketones is 1. The van der Waals surface area contributed by atoms with Crippen molar-refractivity contribution in [3.05, 3.63) is 26.8 Å². The van der Waals surface area contributed by atoms with E-state index in [9.17, 15) is 18.4 Å². The fourth-order valence-corrected chi connectivity index (χ4v) is 2.11. The van der Waals surface area contributed by atoms with E-state index < -0.39 is 6.61 Å². The minimum Gasteiger partial charge on any atom is -0.434 e. The zero-order valence-electron chi connectivity index (χ0n) is 8.17. The normalized spacial score (nSPS) is 10.3. The molecule has 16 heavy (non-hydrogen) atoms. The molecule has 0 spiro atoms. The van der Waals surface area contributed by atoms with E-state index in [0.29, 0.717) is 15.4 Å². The Morgan fingerprint density at radius 1 is 1.50 bits per heavy atom. The van der Waals surface area contributed by atoms with Crippen molar-refractivity contribution in [1.82, 2.24) is 0 Å². The second kappa shape index (κ2) is 5.33. The number of alkyl halides is 2. The number of rotatable bonds is 4. The van der Waals surface area contributed by atoms with E-state index in [4.69, 9.17) is 0 Å². The van der Waals surface area contributed by atoms with E-state index in [-0.39, 0.29) is 17.1 Å². The lowest BCUT2D eigenvalue weighted by molar-refractivity contribution is -0.0501. The molecule has 0 aliphatic heterocycles. The fraction of sp³-hybridized carbons (Fsp3) is 0.200. The largest absolute Gasteiger partial charge is 0.434 e. The summed E-state index contributed by atoms with van der Waals surface area (Å²) in [5.74, 6) is -0.463. The van der Waals surface area contributed by atoms with Gasteiger partial charge in [0.15, 0.2) is 12.1 Å². The van der Waals surface area contributed by atoms with E-state index in [2.05, 4.69) is 4.74 Å². The zero-order valence-corrected chi connectivity index (χ0v) is 10.3. The number of benzene rings is 1. The van der Waals surface area contributed by atoms with Gasteiger partial charge in [0.25, 0.3) is 0 Å². The first-order chi connectivity index (χ1) is 7.47. The Hall–Kier alpha value is -1.05. The molecule has 0 amide bonds. The van der Waals surface area contributed by atoms with Crippen LogP contribution in [0, 0.1) is 3.57 Å². The lowest BCUT2D eigenvalue weighted by Crippen LogP contribution is -2.07. The Morgan fingerprint density at radius 2 is 2.12 bits per heavy atom. The molecule has 86 valence electrons. The second-order valence-corrected chi connectivity index (χ2v) is 3.97. The summed E-state index contributed by atoms with van der Waals surface area (Å²) in [7, 11) is 0. The maximum atomic E-state index is 12.0. The van der Waals surface area contributed by atoms with Crippen LogP contribution in [0.15, 0.2) is 12.1 Å². The summed E-state index contributed by atoms with van der Waals surface area (Å²) < 4.78 is 28.5. The van der Waals surface area contributed by atoms with Gasteiger partial charge in [-0.25, -0.2) is 0 Å². The first kappa shape index (κ1) is 13.0. The van der Waals surface area contributed by atoms with Gasteiger partial charge in [0.1, 0.15) is 5.75 Å². The quantitative estimate of drug-likeness (QED) is 0.481. The molecule has 0 aliphatic carbocycles. The van der Waals surface area contributed by atoms with Gasteiger partial charge in [0.05, 0.1) is 5.56 Å². The summed E-state index contributed by atoms with van der Waals surface area (Å²) in [4.78, 5) is 21.9. The van der Waals surface area contributed by atoms with Crippen molar-refractivity contribution < 1.29 is 23.1 Å². The van der Waals surface area contributed by atoms with Crippen molar-refractivity contribution in [2.75, 3.05) is 0 Å².